The minimum absolute atomic E-state index is 0.226. The average molecular weight is 406 g/mol. The number of likely N-dealkylation sites (tertiary alicyclic amines) is 1. The third kappa shape index (κ3) is 5.68. The first-order chi connectivity index (χ1) is 13.2. The monoisotopic (exact) mass is 406 g/mol. The maximum Gasteiger partial charge on any atom is 0.490 e. The second-order valence-corrected chi connectivity index (χ2v) is 7.52. The van der Waals surface area contributed by atoms with Crippen molar-refractivity contribution in [3.8, 4) is 0 Å². The van der Waals surface area contributed by atoms with E-state index in [9.17, 15) is 13.2 Å². The molecule has 1 saturated carbocycles. The maximum absolute atomic E-state index is 10.6. The molecule has 0 radical (unpaired) electrons. The van der Waals surface area contributed by atoms with Crippen molar-refractivity contribution >= 4 is 5.97 Å². The minimum atomic E-state index is -5.08. The second-order valence-electron chi connectivity index (χ2n) is 7.52. The number of carbonyl (C=O) groups is 1. The van der Waals surface area contributed by atoms with E-state index in [2.05, 4.69) is 10.1 Å². The van der Waals surface area contributed by atoms with E-state index in [-0.39, 0.29) is 12.2 Å². The highest BCUT2D eigenvalue weighted by atomic mass is 19.4. The van der Waals surface area contributed by atoms with Gasteiger partial charge in [-0.15, -0.1) is 0 Å². The number of aryl methyl sites for hydroxylation is 1. The van der Waals surface area contributed by atoms with Crippen LogP contribution in [0.3, 0.4) is 0 Å². The van der Waals surface area contributed by atoms with Crippen LogP contribution in [0.15, 0.2) is 10.6 Å². The van der Waals surface area contributed by atoms with E-state index in [0.29, 0.717) is 6.04 Å². The Hall–Kier alpha value is -1.65. The normalized spacial score (nSPS) is 27.8. The van der Waals surface area contributed by atoms with Gasteiger partial charge in [-0.2, -0.15) is 13.2 Å². The summed E-state index contributed by atoms with van der Waals surface area (Å²) in [7, 11) is 0. The molecule has 1 N–H and O–H groups in total. The van der Waals surface area contributed by atoms with E-state index in [1.54, 1.807) is 0 Å². The fourth-order valence-corrected chi connectivity index (χ4v) is 3.58. The largest absolute Gasteiger partial charge is 0.490 e. The van der Waals surface area contributed by atoms with Crippen LogP contribution in [0.1, 0.15) is 37.1 Å². The number of halogens is 3. The maximum atomic E-state index is 10.6. The number of hydrogen-bond donors (Lipinski definition) is 1. The molecule has 0 amide bonds. The Kier molecular flexibility index (Phi) is 6.61. The van der Waals surface area contributed by atoms with Gasteiger partial charge in [0.1, 0.15) is 11.9 Å². The Labute approximate surface area is 160 Å². The van der Waals surface area contributed by atoms with E-state index < -0.39 is 12.1 Å². The van der Waals surface area contributed by atoms with Crippen LogP contribution in [0, 0.1) is 12.8 Å². The molecule has 158 valence electrons. The standard InChI is InChI=1S/C16H24N2O3.C2HF3O2/c1-11-7-13(17-21-11)8-18-9-15(20-10-12-4-5-12)16-14(18)3-2-6-19-16;3-2(4,5)1(6)7/h7,12,14-16H,2-6,8-10H2,1H3;(H,6,7)/t14-,15+,16+;/m1./s1. The van der Waals surface area contributed by atoms with Gasteiger partial charge in [0.25, 0.3) is 0 Å². The molecule has 2 saturated heterocycles. The molecule has 0 spiro atoms. The molecule has 3 aliphatic rings. The Morgan fingerprint density at radius 3 is 2.68 bits per heavy atom. The predicted molar refractivity (Wildman–Crippen MR) is 90.6 cm³/mol. The molecule has 3 atom stereocenters. The number of hydrogen-bond acceptors (Lipinski definition) is 6. The average Bonchev–Trinajstić information content (AvgIpc) is 3.28. The van der Waals surface area contributed by atoms with E-state index in [4.69, 9.17) is 23.9 Å². The number of fused-ring (bicyclic) bond motifs is 1. The van der Waals surface area contributed by atoms with Crippen molar-refractivity contribution < 1.29 is 37.1 Å². The highest BCUT2D eigenvalue weighted by Gasteiger charge is 2.45. The summed E-state index contributed by atoms with van der Waals surface area (Å²) in [4.78, 5) is 11.4. The first-order valence-electron chi connectivity index (χ1n) is 9.43. The molecule has 1 aliphatic carbocycles. The lowest BCUT2D eigenvalue weighted by Crippen LogP contribution is -2.41. The Balaban J connectivity index is 0.000000279. The topological polar surface area (TPSA) is 85.0 Å². The van der Waals surface area contributed by atoms with Gasteiger partial charge in [-0.25, -0.2) is 4.79 Å². The van der Waals surface area contributed by atoms with Gasteiger partial charge in [0.15, 0.2) is 0 Å². The third-order valence-corrected chi connectivity index (χ3v) is 5.11. The summed E-state index contributed by atoms with van der Waals surface area (Å²) in [5.74, 6) is -1.08. The van der Waals surface area contributed by atoms with Gasteiger partial charge in [0, 0.05) is 38.4 Å². The van der Waals surface area contributed by atoms with E-state index >= 15 is 0 Å². The zero-order valence-corrected chi connectivity index (χ0v) is 15.7. The summed E-state index contributed by atoms with van der Waals surface area (Å²) in [6.07, 6.45) is 0.400. The van der Waals surface area contributed by atoms with E-state index in [0.717, 1.165) is 50.1 Å². The van der Waals surface area contributed by atoms with Gasteiger partial charge in [-0.3, -0.25) is 4.90 Å². The van der Waals surface area contributed by atoms with Crippen LogP contribution in [-0.2, 0) is 20.8 Å². The number of ether oxygens (including phenoxy) is 2. The number of carboxylic acids is 1. The smallest absolute Gasteiger partial charge is 0.475 e. The summed E-state index contributed by atoms with van der Waals surface area (Å²) >= 11 is 0. The molecule has 0 bridgehead atoms. The Morgan fingerprint density at radius 2 is 2.11 bits per heavy atom. The Morgan fingerprint density at radius 1 is 1.39 bits per heavy atom. The molecule has 3 heterocycles. The molecule has 4 rings (SSSR count). The first kappa shape index (κ1) is 21.1. The van der Waals surface area contributed by atoms with Crippen LogP contribution in [0.2, 0.25) is 0 Å². The molecule has 0 aromatic carbocycles. The predicted octanol–water partition coefficient (Wildman–Crippen LogP) is 2.77. The molecule has 28 heavy (non-hydrogen) atoms. The van der Waals surface area contributed by atoms with Gasteiger partial charge in [0.05, 0.1) is 11.8 Å². The lowest BCUT2D eigenvalue weighted by Gasteiger charge is -2.32. The number of aromatic nitrogens is 1. The van der Waals surface area contributed by atoms with E-state index in [1.807, 2.05) is 13.0 Å². The third-order valence-electron chi connectivity index (χ3n) is 5.11. The molecule has 10 heteroatoms. The fraction of sp³-hybridized carbons (Fsp3) is 0.778. The fourth-order valence-electron chi connectivity index (χ4n) is 3.58. The van der Waals surface area contributed by atoms with Gasteiger partial charge >= 0.3 is 12.1 Å². The summed E-state index contributed by atoms with van der Waals surface area (Å²) < 4.78 is 49.1. The SMILES string of the molecule is Cc1cc(CN2C[C@H](OCC3CC3)[C@H]3OCCC[C@H]32)no1.O=C(O)C(F)(F)F. The van der Waals surface area contributed by atoms with Gasteiger partial charge < -0.3 is 19.1 Å². The van der Waals surface area contributed by atoms with Gasteiger partial charge in [-0.05, 0) is 38.5 Å². The highest BCUT2D eigenvalue weighted by molar-refractivity contribution is 5.73. The zero-order valence-electron chi connectivity index (χ0n) is 15.7. The van der Waals surface area contributed by atoms with Crippen LogP contribution in [0.25, 0.3) is 0 Å². The minimum Gasteiger partial charge on any atom is -0.475 e. The highest BCUT2D eigenvalue weighted by Crippen LogP contribution is 2.34. The summed E-state index contributed by atoms with van der Waals surface area (Å²) in [5.41, 5.74) is 1.01. The molecule has 0 unspecified atom stereocenters. The van der Waals surface area contributed by atoms with Crippen LogP contribution < -0.4 is 0 Å². The van der Waals surface area contributed by atoms with Crippen LogP contribution in [0.5, 0.6) is 0 Å². The summed E-state index contributed by atoms with van der Waals surface area (Å²) in [6.45, 7) is 5.52. The van der Waals surface area contributed by atoms with Gasteiger partial charge in [0.2, 0.25) is 0 Å². The molecule has 3 fully saturated rings. The van der Waals surface area contributed by atoms with Crippen LogP contribution in [0.4, 0.5) is 13.2 Å². The first-order valence-corrected chi connectivity index (χ1v) is 9.43. The summed E-state index contributed by atoms with van der Waals surface area (Å²) in [5, 5.41) is 11.3. The van der Waals surface area contributed by atoms with Gasteiger partial charge in [-0.1, -0.05) is 5.16 Å². The molecular formula is C18H25F3N2O5. The number of aliphatic carboxylic acids is 1. The molecule has 1 aromatic heterocycles. The zero-order chi connectivity index (χ0) is 20.3. The molecular weight excluding hydrogens is 381 g/mol. The lowest BCUT2D eigenvalue weighted by molar-refractivity contribution is -0.192. The second kappa shape index (κ2) is 8.79. The van der Waals surface area contributed by atoms with Crippen molar-refractivity contribution in [3.63, 3.8) is 0 Å². The van der Waals surface area contributed by atoms with Crippen molar-refractivity contribution in [2.24, 2.45) is 5.92 Å². The molecule has 2 aliphatic heterocycles. The molecule has 7 nitrogen and oxygen atoms in total. The van der Waals surface area contributed by atoms with Crippen molar-refractivity contribution in [2.75, 3.05) is 19.8 Å². The molecule has 1 aromatic rings. The van der Waals surface area contributed by atoms with Crippen molar-refractivity contribution in [3.05, 3.63) is 17.5 Å². The Bertz CT molecular complexity index is 662. The van der Waals surface area contributed by atoms with Crippen molar-refractivity contribution in [1.29, 1.82) is 0 Å². The number of carboxylic acid groups (broad SMARTS) is 1. The van der Waals surface area contributed by atoms with E-state index in [1.165, 1.54) is 19.3 Å². The lowest BCUT2D eigenvalue weighted by atomic mass is 10.0. The van der Waals surface area contributed by atoms with Crippen LogP contribution >= 0.6 is 0 Å². The quantitative estimate of drug-likeness (QED) is 0.805. The van der Waals surface area contributed by atoms with Crippen molar-refractivity contribution in [1.82, 2.24) is 10.1 Å². The number of rotatable bonds is 5. The van der Waals surface area contributed by atoms with Crippen molar-refractivity contribution in [2.45, 2.75) is 63.6 Å². The number of nitrogens with zero attached hydrogens (tertiary/aromatic N) is 2. The summed E-state index contributed by atoms with van der Waals surface area (Å²) in [6, 6.07) is 2.50. The number of alkyl halides is 3. The van der Waals surface area contributed by atoms with Crippen LogP contribution in [-0.4, -0.2) is 65.3 Å².